The second-order valence-corrected chi connectivity index (χ2v) is 4.81. The first-order valence-corrected chi connectivity index (χ1v) is 5.44. The van der Waals surface area contributed by atoms with Crippen molar-refractivity contribution in [1.29, 1.82) is 0 Å². The molecule has 2 rings (SSSR count). The van der Waals surface area contributed by atoms with Crippen molar-refractivity contribution >= 4 is 40.8 Å². The molecule has 8 heteroatoms. The van der Waals surface area contributed by atoms with E-state index in [1.165, 1.54) is 13.2 Å². The van der Waals surface area contributed by atoms with E-state index < -0.39 is 17.8 Å². The molecule has 0 aliphatic carbocycles. The zero-order valence-electron chi connectivity index (χ0n) is 8.14. The van der Waals surface area contributed by atoms with E-state index in [-0.39, 0.29) is 6.54 Å². The molecule has 1 fully saturated rings. The summed E-state index contributed by atoms with van der Waals surface area (Å²) in [6.45, 7) is 0.0259. The number of hydrogen-bond acceptors (Lipinski definition) is 5. The predicted molar refractivity (Wildman–Crippen MR) is 55.8 cm³/mol. The fraction of sp³-hybridized carbons (Fsp3) is 0.250. The standard InChI is InChI=1S/C8H6ClN3O3S/c1-11-5(13)6(14)12(8(11)15)3-4-2-10-7(9)16-4/h2H,3H2,1H3. The highest BCUT2D eigenvalue weighted by molar-refractivity contribution is 7.15. The Morgan fingerprint density at radius 3 is 2.50 bits per heavy atom. The lowest BCUT2D eigenvalue weighted by Crippen LogP contribution is -2.30. The van der Waals surface area contributed by atoms with Gasteiger partial charge in [-0.2, -0.15) is 0 Å². The maximum absolute atomic E-state index is 11.5. The first-order valence-electron chi connectivity index (χ1n) is 4.24. The van der Waals surface area contributed by atoms with Crippen LogP contribution >= 0.6 is 22.9 Å². The van der Waals surface area contributed by atoms with Gasteiger partial charge in [0.2, 0.25) is 0 Å². The lowest BCUT2D eigenvalue weighted by atomic mass is 10.4. The second kappa shape index (κ2) is 3.84. The van der Waals surface area contributed by atoms with E-state index >= 15 is 0 Å². The lowest BCUT2D eigenvalue weighted by molar-refractivity contribution is -0.143. The molecule has 1 aromatic heterocycles. The van der Waals surface area contributed by atoms with Crippen molar-refractivity contribution in [2.24, 2.45) is 0 Å². The number of thiazole rings is 1. The molecule has 0 aromatic carbocycles. The molecule has 6 nitrogen and oxygen atoms in total. The van der Waals surface area contributed by atoms with Gasteiger partial charge in [-0.25, -0.2) is 9.78 Å². The van der Waals surface area contributed by atoms with Crippen molar-refractivity contribution in [2.45, 2.75) is 6.54 Å². The molecule has 1 aliphatic heterocycles. The van der Waals surface area contributed by atoms with Crippen LogP contribution in [0.4, 0.5) is 4.79 Å². The zero-order valence-corrected chi connectivity index (χ0v) is 9.71. The van der Waals surface area contributed by atoms with E-state index in [0.717, 1.165) is 21.1 Å². The van der Waals surface area contributed by atoms with Gasteiger partial charge in [-0.1, -0.05) is 11.6 Å². The van der Waals surface area contributed by atoms with E-state index in [0.29, 0.717) is 9.34 Å². The molecule has 1 aliphatic rings. The molecule has 84 valence electrons. The molecule has 0 bridgehead atoms. The summed E-state index contributed by atoms with van der Waals surface area (Å²) in [5.41, 5.74) is 0. The number of carbonyl (C=O) groups excluding carboxylic acids is 3. The molecule has 2 heterocycles. The predicted octanol–water partition coefficient (Wildman–Crippen LogP) is 0.717. The minimum Gasteiger partial charge on any atom is -0.263 e. The van der Waals surface area contributed by atoms with E-state index in [1.54, 1.807) is 0 Å². The average Bonchev–Trinajstić information content (AvgIpc) is 2.73. The lowest BCUT2D eigenvalue weighted by Gasteiger charge is -2.10. The van der Waals surface area contributed by atoms with Gasteiger partial charge >= 0.3 is 17.8 Å². The van der Waals surface area contributed by atoms with Gasteiger partial charge in [0, 0.05) is 18.1 Å². The number of hydrogen-bond donors (Lipinski definition) is 0. The first kappa shape index (κ1) is 11.0. The summed E-state index contributed by atoms with van der Waals surface area (Å²) in [4.78, 5) is 40.2. The van der Waals surface area contributed by atoms with Gasteiger partial charge in [-0.15, -0.1) is 11.3 Å². The Morgan fingerprint density at radius 1 is 1.38 bits per heavy atom. The normalized spacial score (nSPS) is 16.5. The fourth-order valence-electron chi connectivity index (χ4n) is 1.27. The summed E-state index contributed by atoms with van der Waals surface area (Å²) in [6, 6.07) is -0.625. The van der Waals surface area contributed by atoms with Crippen LogP contribution in [-0.4, -0.2) is 39.7 Å². The molecule has 4 amide bonds. The van der Waals surface area contributed by atoms with Crippen molar-refractivity contribution in [3.63, 3.8) is 0 Å². The number of amides is 4. The van der Waals surface area contributed by atoms with Crippen LogP contribution < -0.4 is 0 Å². The monoisotopic (exact) mass is 259 g/mol. The fourth-order valence-corrected chi connectivity index (χ4v) is 2.23. The Kier molecular flexibility index (Phi) is 2.64. The number of carbonyl (C=O) groups is 3. The number of imide groups is 2. The topological polar surface area (TPSA) is 70.6 Å². The van der Waals surface area contributed by atoms with E-state index in [1.807, 2.05) is 0 Å². The van der Waals surface area contributed by atoms with Gasteiger partial charge in [-0.3, -0.25) is 19.4 Å². The Labute approximate surface area is 99.4 Å². The Morgan fingerprint density at radius 2 is 2.06 bits per heavy atom. The third-order valence-electron chi connectivity index (χ3n) is 2.09. The third-order valence-corrected chi connectivity index (χ3v) is 3.19. The number of likely N-dealkylation sites (N-methyl/N-ethyl adjacent to an activating group) is 1. The molecule has 0 unspecified atom stereocenters. The SMILES string of the molecule is CN1C(=O)C(=O)N(Cc2cnc(Cl)s2)C1=O. The minimum atomic E-state index is -0.822. The molecule has 1 saturated heterocycles. The van der Waals surface area contributed by atoms with E-state index in [4.69, 9.17) is 11.6 Å². The highest BCUT2D eigenvalue weighted by Gasteiger charge is 2.42. The molecular weight excluding hydrogens is 254 g/mol. The van der Waals surface area contributed by atoms with Gasteiger partial charge in [-0.05, 0) is 0 Å². The number of halogens is 1. The van der Waals surface area contributed by atoms with Crippen LogP contribution in [0.3, 0.4) is 0 Å². The Balaban J connectivity index is 2.20. The number of rotatable bonds is 2. The summed E-state index contributed by atoms with van der Waals surface area (Å²) in [6.07, 6.45) is 1.47. The Bertz CT molecular complexity index is 487. The number of nitrogens with zero attached hydrogens (tertiary/aromatic N) is 3. The van der Waals surface area contributed by atoms with Crippen LogP contribution in [0.15, 0.2) is 6.20 Å². The molecular formula is C8H6ClN3O3S. The van der Waals surface area contributed by atoms with Crippen LogP contribution in [0.5, 0.6) is 0 Å². The van der Waals surface area contributed by atoms with Gasteiger partial charge < -0.3 is 0 Å². The summed E-state index contributed by atoms with van der Waals surface area (Å²) >= 11 is 6.78. The molecule has 0 spiro atoms. The smallest absolute Gasteiger partial charge is 0.263 e. The third kappa shape index (κ3) is 1.68. The second-order valence-electron chi connectivity index (χ2n) is 3.12. The zero-order chi connectivity index (χ0) is 11.9. The number of aromatic nitrogens is 1. The van der Waals surface area contributed by atoms with Crippen molar-refractivity contribution in [3.8, 4) is 0 Å². The molecule has 0 atom stereocenters. The summed E-state index contributed by atoms with van der Waals surface area (Å²) in [7, 11) is 1.27. The number of urea groups is 1. The van der Waals surface area contributed by atoms with Gasteiger partial charge in [0.1, 0.15) is 0 Å². The first-order chi connectivity index (χ1) is 7.50. The molecule has 0 N–H and O–H groups in total. The van der Waals surface area contributed by atoms with Crippen LogP contribution in [-0.2, 0) is 16.1 Å². The van der Waals surface area contributed by atoms with Gasteiger partial charge in [0.05, 0.1) is 6.54 Å². The van der Waals surface area contributed by atoms with Gasteiger partial charge in [0.15, 0.2) is 4.47 Å². The molecule has 0 saturated carbocycles. The molecule has 1 aromatic rings. The highest BCUT2D eigenvalue weighted by Crippen LogP contribution is 2.21. The molecule has 16 heavy (non-hydrogen) atoms. The maximum Gasteiger partial charge on any atom is 0.334 e. The van der Waals surface area contributed by atoms with Crippen molar-refractivity contribution in [2.75, 3.05) is 7.05 Å². The highest BCUT2D eigenvalue weighted by atomic mass is 35.5. The quantitative estimate of drug-likeness (QED) is 0.580. The summed E-state index contributed by atoms with van der Waals surface area (Å²) < 4.78 is 0.328. The van der Waals surface area contributed by atoms with E-state index in [2.05, 4.69) is 4.98 Å². The maximum atomic E-state index is 11.5. The van der Waals surface area contributed by atoms with Crippen LogP contribution in [0.2, 0.25) is 4.47 Å². The van der Waals surface area contributed by atoms with E-state index in [9.17, 15) is 14.4 Å². The minimum absolute atomic E-state index is 0.0259. The summed E-state index contributed by atoms with van der Waals surface area (Å²) in [5.74, 6) is -1.64. The van der Waals surface area contributed by atoms with Crippen molar-refractivity contribution < 1.29 is 14.4 Å². The summed E-state index contributed by atoms with van der Waals surface area (Å²) in [5, 5.41) is 0. The van der Waals surface area contributed by atoms with Gasteiger partial charge in [0.25, 0.3) is 0 Å². The largest absolute Gasteiger partial charge is 0.334 e. The van der Waals surface area contributed by atoms with Crippen LogP contribution in [0.25, 0.3) is 0 Å². The van der Waals surface area contributed by atoms with Crippen LogP contribution in [0, 0.1) is 0 Å². The Hall–Kier alpha value is -1.47. The van der Waals surface area contributed by atoms with Crippen LogP contribution in [0.1, 0.15) is 4.88 Å². The van der Waals surface area contributed by atoms with Crippen molar-refractivity contribution in [1.82, 2.24) is 14.8 Å². The van der Waals surface area contributed by atoms with Crippen molar-refractivity contribution in [3.05, 3.63) is 15.5 Å². The average molecular weight is 260 g/mol. The molecule has 0 radical (unpaired) electrons.